The molecule has 4 N–H and O–H groups in total. The van der Waals surface area contributed by atoms with Crippen molar-refractivity contribution in [2.45, 2.75) is 45.8 Å². The number of nitrogens with two attached hydrogens (primary N) is 1. The Balaban J connectivity index is 1.85. The summed E-state index contributed by atoms with van der Waals surface area (Å²) in [6.07, 6.45) is 3.46. The molecule has 1 aliphatic heterocycles. The number of amides is 1. The molecule has 2 aromatic rings. The number of fused-ring (bicyclic) bond motifs is 1. The Labute approximate surface area is 173 Å². The predicted octanol–water partition coefficient (Wildman–Crippen LogP) is 3.04. The minimum Gasteiger partial charge on any atom is -0.397 e. The number of carbonyl (C=O) groups excluding carboxylic acids is 1. The Morgan fingerprint density at radius 3 is 2.52 bits per heavy atom. The van der Waals surface area contributed by atoms with E-state index in [1.54, 1.807) is 24.9 Å². The number of nitrogens with zero attached hydrogens (tertiary/aromatic N) is 1. The van der Waals surface area contributed by atoms with E-state index in [1.807, 2.05) is 25.2 Å². The molecule has 0 spiro atoms. The quantitative estimate of drug-likeness (QED) is 0.676. The SMILES string of the molecule is CCc1cc2c(cc1Cc1ccc(/C(N)=C/NC)cc1)C(=O)N(CC(C)(C)O)C2. The van der Waals surface area contributed by atoms with Crippen molar-refractivity contribution in [3.63, 3.8) is 0 Å². The van der Waals surface area contributed by atoms with Gasteiger partial charge in [-0.2, -0.15) is 0 Å². The second kappa shape index (κ2) is 8.29. The Kier molecular flexibility index (Phi) is 5.99. The van der Waals surface area contributed by atoms with Gasteiger partial charge in [0.05, 0.1) is 11.3 Å². The van der Waals surface area contributed by atoms with E-state index >= 15 is 0 Å². The summed E-state index contributed by atoms with van der Waals surface area (Å²) >= 11 is 0. The normalized spacial score (nSPS) is 14.3. The van der Waals surface area contributed by atoms with Crippen LogP contribution in [0.25, 0.3) is 5.70 Å². The molecule has 1 aliphatic rings. The Morgan fingerprint density at radius 2 is 1.93 bits per heavy atom. The number of hydrogen-bond donors (Lipinski definition) is 3. The largest absolute Gasteiger partial charge is 0.397 e. The maximum Gasteiger partial charge on any atom is 0.254 e. The van der Waals surface area contributed by atoms with E-state index in [9.17, 15) is 9.90 Å². The molecule has 29 heavy (non-hydrogen) atoms. The maximum absolute atomic E-state index is 12.8. The Bertz CT molecular complexity index is 924. The molecule has 154 valence electrons. The van der Waals surface area contributed by atoms with Gasteiger partial charge in [-0.15, -0.1) is 0 Å². The van der Waals surface area contributed by atoms with Crippen LogP contribution in [0.1, 0.15) is 58.9 Å². The van der Waals surface area contributed by atoms with Crippen molar-refractivity contribution in [1.29, 1.82) is 0 Å². The summed E-state index contributed by atoms with van der Waals surface area (Å²) in [6, 6.07) is 12.4. The summed E-state index contributed by atoms with van der Waals surface area (Å²) < 4.78 is 0. The maximum atomic E-state index is 12.8. The van der Waals surface area contributed by atoms with Gasteiger partial charge in [0.15, 0.2) is 0 Å². The summed E-state index contributed by atoms with van der Waals surface area (Å²) in [7, 11) is 1.82. The first-order chi connectivity index (χ1) is 13.7. The van der Waals surface area contributed by atoms with Crippen LogP contribution in [0.2, 0.25) is 0 Å². The van der Waals surface area contributed by atoms with Gasteiger partial charge in [-0.25, -0.2) is 0 Å². The first kappa shape index (κ1) is 20.9. The highest BCUT2D eigenvalue weighted by atomic mass is 16.3. The van der Waals surface area contributed by atoms with Crippen molar-refractivity contribution >= 4 is 11.6 Å². The molecule has 0 atom stereocenters. The smallest absolute Gasteiger partial charge is 0.254 e. The predicted molar refractivity (Wildman–Crippen MR) is 117 cm³/mol. The van der Waals surface area contributed by atoms with Crippen LogP contribution in [0.5, 0.6) is 0 Å². The van der Waals surface area contributed by atoms with Crippen LogP contribution < -0.4 is 11.1 Å². The van der Waals surface area contributed by atoms with E-state index in [1.165, 1.54) is 16.7 Å². The molecule has 0 aliphatic carbocycles. The summed E-state index contributed by atoms with van der Waals surface area (Å²) in [4.78, 5) is 14.6. The van der Waals surface area contributed by atoms with Crippen molar-refractivity contribution in [3.05, 3.63) is 76.0 Å². The number of aryl methyl sites for hydroxylation is 1. The number of β-amino-alcohol motifs (C(OH)–C–C–N with tert-alkyl or cyclic N) is 1. The number of aliphatic hydroxyl groups is 1. The van der Waals surface area contributed by atoms with Gasteiger partial charge in [0.1, 0.15) is 0 Å². The number of hydrogen-bond acceptors (Lipinski definition) is 4. The molecule has 0 fully saturated rings. The van der Waals surface area contributed by atoms with E-state index < -0.39 is 5.60 Å². The van der Waals surface area contributed by atoms with Crippen molar-refractivity contribution < 1.29 is 9.90 Å². The molecular weight excluding hydrogens is 362 g/mol. The molecule has 1 amide bonds. The van der Waals surface area contributed by atoms with Gasteiger partial charge in [0.2, 0.25) is 0 Å². The van der Waals surface area contributed by atoms with Crippen LogP contribution in [0, 0.1) is 0 Å². The zero-order valence-corrected chi connectivity index (χ0v) is 17.7. The lowest BCUT2D eigenvalue weighted by Gasteiger charge is -2.24. The van der Waals surface area contributed by atoms with Crippen molar-refractivity contribution in [1.82, 2.24) is 10.2 Å². The molecule has 5 nitrogen and oxygen atoms in total. The van der Waals surface area contributed by atoms with Gasteiger partial charge >= 0.3 is 0 Å². The Hall–Kier alpha value is -2.79. The minimum atomic E-state index is -0.903. The van der Waals surface area contributed by atoms with Gasteiger partial charge in [0, 0.05) is 31.9 Å². The van der Waals surface area contributed by atoms with Crippen molar-refractivity contribution in [2.75, 3.05) is 13.6 Å². The monoisotopic (exact) mass is 393 g/mol. The highest BCUT2D eigenvalue weighted by Gasteiger charge is 2.31. The molecule has 0 unspecified atom stereocenters. The average molecular weight is 394 g/mol. The topological polar surface area (TPSA) is 78.6 Å². The number of nitrogens with one attached hydrogen (secondary N) is 1. The third-order valence-corrected chi connectivity index (χ3v) is 5.24. The average Bonchev–Trinajstić information content (AvgIpc) is 2.95. The lowest BCUT2D eigenvalue weighted by molar-refractivity contribution is 0.0314. The molecule has 0 bridgehead atoms. The molecule has 1 heterocycles. The number of carbonyl (C=O) groups is 1. The zero-order valence-electron chi connectivity index (χ0n) is 17.7. The lowest BCUT2D eigenvalue weighted by Crippen LogP contribution is -2.38. The van der Waals surface area contributed by atoms with E-state index in [0.717, 1.165) is 29.5 Å². The van der Waals surface area contributed by atoms with Gasteiger partial charge < -0.3 is 21.1 Å². The molecule has 5 heteroatoms. The summed E-state index contributed by atoms with van der Waals surface area (Å²) in [6.45, 7) is 6.50. The van der Waals surface area contributed by atoms with E-state index in [2.05, 4.69) is 30.4 Å². The van der Waals surface area contributed by atoms with Crippen LogP contribution >= 0.6 is 0 Å². The van der Waals surface area contributed by atoms with Crippen LogP contribution in [0.15, 0.2) is 42.6 Å². The van der Waals surface area contributed by atoms with Crippen LogP contribution in [-0.2, 0) is 19.4 Å². The summed E-state index contributed by atoms with van der Waals surface area (Å²) in [5.74, 6) is 0.00588. The first-order valence-electron chi connectivity index (χ1n) is 10.1. The van der Waals surface area contributed by atoms with Crippen molar-refractivity contribution in [3.8, 4) is 0 Å². The van der Waals surface area contributed by atoms with Crippen molar-refractivity contribution in [2.24, 2.45) is 5.73 Å². The first-order valence-corrected chi connectivity index (χ1v) is 10.1. The second-order valence-electron chi connectivity index (χ2n) is 8.37. The standard InChI is InChI=1S/C24H31N3O2/c1-5-17-11-20-14-27(15-24(2,3)29)23(28)21(20)12-19(17)10-16-6-8-18(9-7-16)22(25)13-26-4/h6-9,11-13,26,29H,5,10,14-15,25H2,1-4H3/b22-13-. The minimum absolute atomic E-state index is 0.00588. The third kappa shape index (κ3) is 4.80. The molecule has 0 saturated carbocycles. The molecular formula is C24H31N3O2. The van der Waals surface area contributed by atoms with E-state index in [4.69, 9.17) is 5.73 Å². The highest BCUT2D eigenvalue weighted by molar-refractivity contribution is 5.98. The lowest BCUT2D eigenvalue weighted by atomic mass is 9.93. The van der Waals surface area contributed by atoms with Crippen LogP contribution in [0.3, 0.4) is 0 Å². The van der Waals surface area contributed by atoms with Crippen LogP contribution in [0.4, 0.5) is 0 Å². The van der Waals surface area contributed by atoms with E-state index in [-0.39, 0.29) is 5.91 Å². The fraction of sp³-hybridized carbons (Fsp3) is 0.375. The van der Waals surface area contributed by atoms with Gasteiger partial charge in [0.25, 0.3) is 5.91 Å². The van der Waals surface area contributed by atoms with Gasteiger partial charge in [-0.3, -0.25) is 4.79 Å². The van der Waals surface area contributed by atoms with E-state index in [0.29, 0.717) is 18.8 Å². The molecule has 2 aromatic carbocycles. The van der Waals surface area contributed by atoms with Crippen LogP contribution in [-0.4, -0.2) is 35.1 Å². The Morgan fingerprint density at radius 1 is 1.24 bits per heavy atom. The fourth-order valence-corrected chi connectivity index (χ4v) is 3.88. The number of rotatable bonds is 7. The second-order valence-corrected chi connectivity index (χ2v) is 8.37. The molecule has 0 aromatic heterocycles. The summed E-state index contributed by atoms with van der Waals surface area (Å²) in [5.41, 5.74) is 12.2. The molecule has 0 saturated heterocycles. The summed E-state index contributed by atoms with van der Waals surface area (Å²) in [5, 5.41) is 13.1. The zero-order chi connectivity index (χ0) is 21.2. The fourth-order valence-electron chi connectivity index (χ4n) is 3.88. The molecule has 3 rings (SSSR count). The molecule has 0 radical (unpaired) electrons. The number of benzene rings is 2. The highest BCUT2D eigenvalue weighted by Crippen LogP contribution is 2.29. The van der Waals surface area contributed by atoms with Gasteiger partial charge in [-0.05, 0) is 60.6 Å². The third-order valence-electron chi connectivity index (χ3n) is 5.24. The van der Waals surface area contributed by atoms with Gasteiger partial charge in [-0.1, -0.05) is 37.3 Å².